The molecule has 0 spiro atoms. The zero-order valence-electron chi connectivity index (χ0n) is 13.2. The number of non-ortho nitro benzene ring substituents is 1. The summed E-state index contributed by atoms with van der Waals surface area (Å²) in [5, 5.41) is 13.5. The number of nitro groups is 1. The highest BCUT2D eigenvalue weighted by Crippen LogP contribution is 2.40. The van der Waals surface area contributed by atoms with Gasteiger partial charge in [-0.05, 0) is 13.0 Å². The molecule has 1 amide bonds. The first-order chi connectivity index (χ1) is 11.7. The first kappa shape index (κ1) is 18.3. The van der Waals surface area contributed by atoms with Gasteiger partial charge in [0.05, 0.1) is 17.6 Å². The van der Waals surface area contributed by atoms with E-state index in [1.54, 1.807) is 0 Å². The fraction of sp³-hybridized carbons (Fsp3) is 0.333. The highest BCUT2D eigenvalue weighted by Gasteiger charge is 2.35. The second kappa shape index (κ2) is 7.24. The van der Waals surface area contributed by atoms with Crippen molar-refractivity contribution in [2.45, 2.75) is 25.9 Å². The van der Waals surface area contributed by atoms with Crippen molar-refractivity contribution in [3.05, 3.63) is 45.1 Å². The van der Waals surface area contributed by atoms with Crippen LogP contribution in [0.1, 0.15) is 24.8 Å². The predicted molar refractivity (Wildman–Crippen MR) is 79.9 cm³/mol. The van der Waals surface area contributed by atoms with Gasteiger partial charge in [0, 0.05) is 35.7 Å². The molecule has 0 aromatic heterocycles. The Bertz CT molecular complexity index is 762. The number of benzene rings is 1. The largest absolute Gasteiger partial charge is 0.466 e. The number of esters is 1. The number of amides is 1. The number of nitrogens with one attached hydrogen (secondary N) is 1. The predicted octanol–water partition coefficient (Wildman–Crippen LogP) is 2.25. The molecule has 0 bridgehead atoms. The number of halogens is 2. The van der Waals surface area contributed by atoms with Crippen molar-refractivity contribution in [3.8, 4) is 5.75 Å². The SMILES string of the molecule is COC(=O)C1=C(C)NC(=O)C[C@H]1c1cc([N+](=O)[O-])ccc1OC(F)F. The van der Waals surface area contributed by atoms with Crippen molar-refractivity contribution < 1.29 is 32.8 Å². The number of allylic oxidation sites excluding steroid dienone is 1. The highest BCUT2D eigenvalue weighted by atomic mass is 19.3. The molecule has 1 aromatic rings. The Morgan fingerprint density at radius 2 is 2.12 bits per heavy atom. The maximum atomic E-state index is 12.7. The molecule has 1 aromatic carbocycles. The van der Waals surface area contributed by atoms with Crippen LogP contribution in [0.3, 0.4) is 0 Å². The second-order valence-corrected chi connectivity index (χ2v) is 5.19. The molecule has 8 nitrogen and oxygen atoms in total. The van der Waals surface area contributed by atoms with E-state index in [2.05, 4.69) is 14.8 Å². The Balaban J connectivity index is 2.64. The molecule has 0 saturated carbocycles. The van der Waals surface area contributed by atoms with E-state index in [0.29, 0.717) is 0 Å². The maximum absolute atomic E-state index is 12.7. The van der Waals surface area contributed by atoms with Gasteiger partial charge < -0.3 is 14.8 Å². The van der Waals surface area contributed by atoms with Crippen LogP contribution in [0.4, 0.5) is 14.5 Å². The Morgan fingerprint density at radius 3 is 2.68 bits per heavy atom. The summed E-state index contributed by atoms with van der Waals surface area (Å²) in [5.41, 5.74) is -0.252. The summed E-state index contributed by atoms with van der Waals surface area (Å²) in [6.45, 7) is -1.73. The van der Waals surface area contributed by atoms with Gasteiger partial charge in [0.25, 0.3) is 5.69 Å². The van der Waals surface area contributed by atoms with Crippen LogP contribution in [0.5, 0.6) is 5.75 Å². The van der Waals surface area contributed by atoms with E-state index in [4.69, 9.17) is 0 Å². The number of ether oxygens (including phenoxy) is 2. The average molecular weight is 356 g/mol. The monoisotopic (exact) mass is 356 g/mol. The third-order valence-corrected chi connectivity index (χ3v) is 3.67. The Hall–Kier alpha value is -3.04. The minimum Gasteiger partial charge on any atom is -0.466 e. The van der Waals surface area contributed by atoms with E-state index in [1.165, 1.54) is 6.92 Å². The zero-order valence-corrected chi connectivity index (χ0v) is 13.2. The minimum absolute atomic E-state index is 0.0155. The second-order valence-electron chi connectivity index (χ2n) is 5.19. The summed E-state index contributed by atoms with van der Waals surface area (Å²) >= 11 is 0. The summed E-state index contributed by atoms with van der Waals surface area (Å²) in [6, 6.07) is 3.02. The lowest BCUT2D eigenvalue weighted by molar-refractivity contribution is -0.385. The van der Waals surface area contributed by atoms with E-state index < -0.39 is 29.3 Å². The van der Waals surface area contributed by atoms with E-state index in [-0.39, 0.29) is 34.7 Å². The number of methoxy groups -OCH3 is 1. The van der Waals surface area contributed by atoms with Gasteiger partial charge in [0.2, 0.25) is 5.91 Å². The molecule has 1 aliphatic heterocycles. The van der Waals surface area contributed by atoms with Gasteiger partial charge in [-0.15, -0.1) is 0 Å². The van der Waals surface area contributed by atoms with Crippen molar-refractivity contribution in [2.24, 2.45) is 0 Å². The van der Waals surface area contributed by atoms with Crippen LogP contribution in [-0.2, 0) is 14.3 Å². The maximum Gasteiger partial charge on any atom is 0.387 e. The summed E-state index contributed by atoms with van der Waals surface area (Å²) in [6.07, 6.45) is -0.275. The molecule has 25 heavy (non-hydrogen) atoms. The summed E-state index contributed by atoms with van der Waals surface area (Å²) in [4.78, 5) is 34.2. The van der Waals surface area contributed by atoms with Gasteiger partial charge in [-0.25, -0.2) is 4.79 Å². The van der Waals surface area contributed by atoms with Gasteiger partial charge in [-0.2, -0.15) is 8.78 Å². The molecule has 134 valence electrons. The van der Waals surface area contributed by atoms with Gasteiger partial charge >= 0.3 is 12.6 Å². The number of hydrogen-bond donors (Lipinski definition) is 1. The lowest BCUT2D eigenvalue weighted by atomic mass is 9.84. The quantitative estimate of drug-likeness (QED) is 0.492. The molecule has 0 radical (unpaired) electrons. The standard InChI is InChI=1S/C15H14F2N2O6/c1-7-13(14(21)24-2)10(6-12(20)18-7)9-5-8(19(22)23)3-4-11(9)25-15(16)17/h3-5,10,15H,6H2,1-2H3,(H,18,20)/t10-/m0/s1. The van der Waals surface area contributed by atoms with Crippen LogP contribution in [-0.4, -0.2) is 30.5 Å². The number of nitro benzene ring substituents is 1. The molecular weight excluding hydrogens is 342 g/mol. The Morgan fingerprint density at radius 1 is 1.44 bits per heavy atom. The van der Waals surface area contributed by atoms with Crippen LogP contribution >= 0.6 is 0 Å². The topological polar surface area (TPSA) is 108 Å². The fourth-order valence-corrected chi connectivity index (χ4v) is 2.67. The van der Waals surface area contributed by atoms with E-state index >= 15 is 0 Å². The van der Waals surface area contributed by atoms with Crippen molar-refractivity contribution in [1.29, 1.82) is 0 Å². The van der Waals surface area contributed by atoms with E-state index in [9.17, 15) is 28.5 Å². The molecule has 1 heterocycles. The van der Waals surface area contributed by atoms with E-state index in [0.717, 1.165) is 25.3 Å². The molecule has 0 fully saturated rings. The number of alkyl halides is 2. The van der Waals surface area contributed by atoms with Crippen molar-refractivity contribution in [2.75, 3.05) is 7.11 Å². The number of nitrogens with zero attached hydrogens (tertiary/aromatic N) is 1. The van der Waals surface area contributed by atoms with E-state index in [1.807, 2.05) is 0 Å². The summed E-state index contributed by atoms with van der Waals surface area (Å²) in [5.74, 6) is -2.62. The van der Waals surface area contributed by atoms with Crippen LogP contribution in [0.2, 0.25) is 0 Å². The van der Waals surface area contributed by atoms with Gasteiger partial charge in [0.1, 0.15) is 5.75 Å². The van der Waals surface area contributed by atoms with Gasteiger partial charge in [-0.3, -0.25) is 14.9 Å². The third-order valence-electron chi connectivity index (χ3n) is 3.67. The number of rotatable bonds is 5. The van der Waals surface area contributed by atoms with Crippen molar-refractivity contribution in [1.82, 2.24) is 5.32 Å². The van der Waals surface area contributed by atoms with Crippen molar-refractivity contribution >= 4 is 17.6 Å². The first-order valence-corrected chi connectivity index (χ1v) is 7.06. The Kier molecular flexibility index (Phi) is 5.30. The summed E-state index contributed by atoms with van der Waals surface area (Å²) < 4.78 is 34.4. The van der Waals surface area contributed by atoms with Crippen molar-refractivity contribution in [3.63, 3.8) is 0 Å². The Labute approximate surface area is 140 Å². The number of carbonyl (C=O) groups excluding carboxylic acids is 2. The normalized spacial score (nSPS) is 17.3. The molecule has 2 rings (SSSR count). The van der Waals surface area contributed by atoms with Crippen LogP contribution < -0.4 is 10.1 Å². The molecule has 10 heteroatoms. The number of hydrogen-bond acceptors (Lipinski definition) is 6. The minimum atomic E-state index is -3.18. The fourth-order valence-electron chi connectivity index (χ4n) is 2.67. The molecule has 0 unspecified atom stereocenters. The average Bonchev–Trinajstić information content (AvgIpc) is 2.53. The molecule has 1 atom stereocenters. The molecule has 0 aliphatic carbocycles. The van der Waals surface area contributed by atoms with Crippen LogP contribution in [0.25, 0.3) is 0 Å². The van der Waals surface area contributed by atoms with Gasteiger partial charge in [-0.1, -0.05) is 0 Å². The van der Waals surface area contributed by atoms with Gasteiger partial charge in [0.15, 0.2) is 0 Å². The molecule has 0 saturated heterocycles. The molecule has 1 N–H and O–H groups in total. The zero-order chi connectivity index (χ0) is 18.7. The lowest BCUT2D eigenvalue weighted by Crippen LogP contribution is -2.34. The number of carbonyl (C=O) groups is 2. The highest BCUT2D eigenvalue weighted by molar-refractivity contribution is 5.96. The molecular formula is C15H14F2N2O6. The summed E-state index contributed by atoms with van der Waals surface area (Å²) in [7, 11) is 1.13. The first-order valence-electron chi connectivity index (χ1n) is 7.06. The third kappa shape index (κ3) is 3.90. The van der Waals surface area contributed by atoms with Crippen LogP contribution in [0.15, 0.2) is 29.5 Å². The lowest BCUT2D eigenvalue weighted by Gasteiger charge is -2.27. The molecule has 1 aliphatic rings. The van der Waals surface area contributed by atoms with Crippen LogP contribution in [0, 0.1) is 10.1 Å². The smallest absolute Gasteiger partial charge is 0.387 e.